The molecule has 0 saturated carbocycles. The number of nitrogens with zero attached hydrogens (tertiary/aromatic N) is 1. The van der Waals surface area contributed by atoms with Gasteiger partial charge in [0, 0.05) is 12.1 Å². The molecule has 3 heteroatoms. The Morgan fingerprint density at radius 1 is 1.25 bits per heavy atom. The van der Waals surface area contributed by atoms with Crippen LogP contribution in [0.15, 0.2) is 0 Å². The zero-order valence-electron chi connectivity index (χ0n) is 7.04. The van der Waals surface area contributed by atoms with Gasteiger partial charge >= 0.3 is 0 Å². The van der Waals surface area contributed by atoms with E-state index in [9.17, 15) is 5.11 Å². The molecule has 0 amide bonds. The molecule has 0 aromatic heterocycles. The minimum Gasteiger partial charge on any atom is -0.374 e. The molecule has 2 nitrogen and oxygen atoms in total. The first-order valence-electron chi connectivity index (χ1n) is 4.87. The molecule has 1 N–H and O–H groups in total. The molecule has 3 aliphatic rings. The van der Waals surface area contributed by atoms with Crippen LogP contribution in [0.1, 0.15) is 32.1 Å². The van der Waals surface area contributed by atoms with E-state index >= 15 is 0 Å². The van der Waals surface area contributed by atoms with Gasteiger partial charge in [0.05, 0.1) is 4.83 Å². The number of rotatable bonds is 0. The first kappa shape index (κ1) is 7.77. The van der Waals surface area contributed by atoms with E-state index in [1.807, 2.05) is 0 Å². The van der Waals surface area contributed by atoms with Crippen LogP contribution in [0.4, 0.5) is 0 Å². The maximum Gasteiger partial charge on any atom is 0.131 e. The fourth-order valence-electron chi connectivity index (χ4n) is 3.36. The summed E-state index contributed by atoms with van der Waals surface area (Å²) in [5.41, 5.74) is -0.480. The van der Waals surface area contributed by atoms with Crippen LogP contribution in [0.25, 0.3) is 0 Å². The fraction of sp³-hybridized carbons (Fsp3) is 1.00. The van der Waals surface area contributed by atoms with E-state index in [1.165, 1.54) is 19.3 Å². The van der Waals surface area contributed by atoms with Crippen LogP contribution in [-0.4, -0.2) is 32.6 Å². The van der Waals surface area contributed by atoms with Gasteiger partial charge in [0.1, 0.15) is 5.72 Å². The van der Waals surface area contributed by atoms with Gasteiger partial charge in [-0.15, -0.1) is 0 Å². The molecule has 3 fully saturated rings. The molecular weight excluding hydrogens is 218 g/mol. The predicted octanol–water partition coefficient (Wildman–Crippen LogP) is 1.47. The molecule has 0 aromatic carbocycles. The smallest absolute Gasteiger partial charge is 0.131 e. The van der Waals surface area contributed by atoms with Crippen molar-refractivity contribution in [3.63, 3.8) is 0 Å². The quantitative estimate of drug-likeness (QED) is 0.639. The first-order valence-corrected chi connectivity index (χ1v) is 5.78. The summed E-state index contributed by atoms with van der Waals surface area (Å²) in [6.45, 7) is 0. The normalized spacial score (nSPS) is 58.0. The van der Waals surface area contributed by atoms with Gasteiger partial charge < -0.3 is 5.11 Å². The van der Waals surface area contributed by atoms with E-state index in [2.05, 4.69) is 20.8 Å². The van der Waals surface area contributed by atoms with E-state index in [0.29, 0.717) is 16.9 Å². The Morgan fingerprint density at radius 2 is 2.00 bits per heavy atom. The van der Waals surface area contributed by atoms with E-state index in [4.69, 9.17) is 0 Å². The summed E-state index contributed by atoms with van der Waals surface area (Å²) >= 11 is 3.61. The molecular formula is C9H14BrNO. The van der Waals surface area contributed by atoms with Crippen molar-refractivity contribution in [3.05, 3.63) is 0 Å². The summed E-state index contributed by atoms with van der Waals surface area (Å²) in [4.78, 5) is 2.70. The summed E-state index contributed by atoms with van der Waals surface area (Å²) < 4.78 is 0. The Hall–Kier alpha value is 0.400. The largest absolute Gasteiger partial charge is 0.374 e. The van der Waals surface area contributed by atoms with Crippen molar-refractivity contribution in [1.82, 2.24) is 4.90 Å². The number of hydrogen-bond donors (Lipinski definition) is 1. The number of aliphatic hydroxyl groups is 1. The van der Waals surface area contributed by atoms with Crippen LogP contribution in [0.3, 0.4) is 0 Å². The number of halogens is 1. The molecule has 12 heavy (non-hydrogen) atoms. The molecule has 0 aromatic rings. The maximum atomic E-state index is 10.4. The van der Waals surface area contributed by atoms with Crippen molar-refractivity contribution in [2.75, 3.05) is 0 Å². The fourth-order valence-corrected chi connectivity index (χ4v) is 4.26. The van der Waals surface area contributed by atoms with E-state index < -0.39 is 5.72 Å². The second kappa shape index (κ2) is 2.25. The highest BCUT2D eigenvalue weighted by molar-refractivity contribution is 9.09. The van der Waals surface area contributed by atoms with Crippen molar-refractivity contribution in [1.29, 1.82) is 0 Å². The molecule has 3 saturated heterocycles. The Labute approximate surface area is 81.1 Å². The van der Waals surface area contributed by atoms with Gasteiger partial charge in [-0.25, -0.2) is 0 Å². The standard InChI is InChI=1S/C9H14BrNO/c10-8-5-7-2-1-6-3-4-9(8,12)11(6)7/h6-8,12H,1-5H2/t6-,7+,8+,9+/m0/s1. The van der Waals surface area contributed by atoms with Crippen LogP contribution < -0.4 is 0 Å². The predicted molar refractivity (Wildman–Crippen MR) is 50.2 cm³/mol. The van der Waals surface area contributed by atoms with Gasteiger partial charge in [0.15, 0.2) is 0 Å². The molecule has 0 bridgehead atoms. The SMILES string of the molecule is O[C@]12CC[C@@H]3CC[C@H](C[C@H]1Br)N32. The zero-order chi connectivity index (χ0) is 8.34. The molecule has 0 aliphatic carbocycles. The lowest BCUT2D eigenvalue weighted by atomic mass is 10.1. The third kappa shape index (κ3) is 0.733. The molecule has 0 unspecified atom stereocenters. The summed E-state index contributed by atoms with van der Waals surface area (Å²) in [6.07, 6.45) is 5.94. The molecule has 4 atom stereocenters. The van der Waals surface area contributed by atoms with Crippen LogP contribution in [-0.2, 0) is 0 Å². The number of hydrogen-bond acceptors (Lipinski definition) is 2. The topological polar surface area (TPSA) is 23.5 Å². The lowest BCUT2D eigenvalue weighted by Gasteiger charge is -2.30. The Balaban J connectivity index is 2.01. The van der Waals surface area contributed by atoms with Gasteiger partial charge in [-0.2, -0.15) is 0 Å². The van der Waals surface area contributed by atoms with Crippen molar-refractivity contribution < 1.29 is 5.11 Å². The number of alkyl halides is 1. The van der Waals surface area contributed by atoms with E-state index in [-0.39, 0.29) is 0 Å². The highest BCUT2D eigenvalue weighted by Gasteiger charge is 2.59. The van der Waals surface area contributed by atoms with Crippen LogP contribution >= 0.6 is 15.9 Å². The molecule has 0 radical (unpaired) electrons. The summed E-state index contributed by atoms with van der Waals surface area (Å²) in [7, 11) is 0. The van der Waals surface area contributed by atoms with Gasteiger partial charge in [-0.3, -0.25) is 4.90 Å². The van der Waals surface area contributed by atoms with Gasteiger partial charge in [-0.1, -0.05) is 15.9 Å². The van der Waals surface area contributed by atoms with E-state index in [0.717, 1.165) is 12.8 Å². The van der Waals surface area contributed by atoms with Crippen LogP contribution in [0.5, 0.6) is 0 Å². The molecule has 68 valence electrons. The van der Waals surface area contributed by atoms with Crippen LogP contribution in [0, 0.1) is 0 Å². The van der Waals surface area contributed by atoms with Crippen molar-refractivity contribution in [3.8, 4) is 0 Å². The van der Waals surface area contributed by atoms with Gasteiger partial charge in [0.25, 0.3) is 0 Å². The van der Waals surface area contributed by atoms with Crippen molar-refractivity contribution >= 4 is 15.9 Å². The molecule has 3 heterocycles. The molecule has 0 spiro atoms. The third-order valence-corrected chi connectivity index (χ3v) is 5.00. The van der Waals surface area contributed by atoms with Crippen molar-refractivity contribution in [2.45, 2.75) is 54.7 Å². The first-order chi connectivity index (χ1) is 5.72. The summed E-state index contributed by atoms with van der Waals surface area (Å²) in [6, 6.07) is 1.37. The summed E-state index contributed by atoms with van der Waals surface area (Å²) in [5.74, 6) is 0. The lowest BCUT2D eigenvalue weighted by molar-refractivity contribution is -0.0619. The second-order valence-electron chi connectivity index (χ2n) is 4.41. The van der Waals surface area contributed by atoms with E-state index in [1.54, 1.807) is 0 Å². The maximum absolute atomic E-state index is 10.4. The Morgan fingerprint density at radius 3 is 2.83 bits per heavy atom. The average Bonchev–Trinajstić information content (AvgIpc) is 2.60. The minimum absolute atomic E-state index is 0.320. The zero-order valence-corrected chi connectivity index (χ0v) is 8.63. The molecule has 3 aliphatic heterocycles. The Bertz CT molecular complexity index is 223. The third-order valence-electron chi connectivity index (χ3n) is 3.89. The minimum atomic E-state index is -0.480. The Kier molecular flexibility index (Phi) is 1.46. The average molecular weight is 232 g/mol. The van der Waals surface area contributed by atoms with Crippen LogP contribution in [0.2, 0.25) is 0 Å². The molecule has 3 rings (SSSR count). The highest BCUT2D eigenvalue weighted by Crippen LogP contribution is 2.52. The lowest BCUT2D eigenvalue weighted by Crippen LogP contribution is -2.46. The second-order valence-corrected chi connectivity index (χ2v) is 5.52. The highest BCUT2D eigenvalue weighted by atomic mass is 79.9. The summed E-state index contributed by atoms with van der Waals surface area (Å²) in [5, 5.41) is 10.4. The monoisotopic (exact) mass is 231 g/mol. The van der Waals surface area contributed by atoms with Gasteiger partial charge in [0.2, 0.25) is 0 Å². The van der Waals surface area contributed by atoms with Crippen molar-refractivity contribution in [2.24, 2.45) is 0 Å². The van der Waals surface area contributed by atoms with Gasteiger partial charge in [-0.05, 0) is 32.1 Å².